The van der Waals surface area contributed by atoms with Gasteiger partial charge >= 0.3 is 12.1 Å². The van der Waals surface area contributed by atoms with E-state index in [1.165, 1.54) is 37.5 Å². The Kier molecular flexibility index (Phi) is 10.3. The fourth-order valence-corrected chi connectivity index (χ4v) is 4.59. The molecule has 2 atom stereocenters. The van der Waals surface area contributed by atoms with Gasteiger partial charge in [0, 0.05) is 5.38 Å². The van der Waals surface area contributed by atoms with E-state index >= 15 is 0 Å². The SMILES string of the molecule is CCCC[C@H](NC(=O)O[C@@H](C)CC1CCCCC1)C(=O)c1nc(C(=O)OCC)cs1. The maximum absolute atomic E-state index is 12.9. The minimum absolute atomic E-state index is 0.114. The van der Waals surface area contributed by atoms with Gasteiger partial charge in [0.05, 0.1) is 12.6 Å². The van der Waals surface area contributed by atoms with Crippen molar-refractivity contribution >= 4 is 29.2 Å². The molecule has 1 fully saturated rings. The molecule has 0 aromatic carbocycles. The summed E-state index contributed by atoms with van der Waals surface area (Å²) in [6, 6.07) is -0.722. The number of carbonyl (C=O) groups excluding carboxylic acids is 3. The molecule has 1 amide bonds. The van der Waals surface area contributed by atoms with Gasteiger partial charge in [0.1, 0.15) is 6.10 Å². The highest BCUT2D eigenvalue weighted by Gasteiger charge is 2.27. The number of unbranched alkanes of at least 4 members (excludes halogenated alkanes) is 1. The zero-order valence-corrected chi connectivity index (χ0v) is 19.1. The molecule has 0 radical (unpaired) electrons. The van der Waals surface area contributed by atoms with Crippen molar-refractivity contribution in [3.8, 4) is 0 Å². The Hall–Kier alpha value is -1.96. The van der Waals surface area contributed by atoms with E-state index in [1.807, 2.05) is 13.8 Å². The van der Waals surface area contributed by atoms with Gasteiger partial charge in [-0.3, -0.25) is 4.79 Å². The summed E-state index contributed by atoms with van der Waals surface area (Å²) in [6.45, 7) is 5.88. The van der Waals surface area contributed by atoms with E-state index in [9.17, 15) is 14.4 Å². The summed E-state index contributed by atoms with van der Waals surface area (Å²) < 4.78 is 10.5. The van der Waals surface area contributed by atoms with Crippen LogP contribution in [-0.2, 0) is 9.47 Å². The molecule has 7 nitrogen and oxygen atoms in total. The van der Waals surface area contributed by atoms with Crippen LogP contribution in [0.2, 0.25) is 0 Å². The van der Waals surface area contributed by atoms with Crippen molar-refractivity contribution in [3.63, 3.8) is 0 Å². The molecule has 1 aliphatic carbocycles. The van der Waals surface area contributed by atoms with Crippen LogP contribution in [0.1, 0.15) is 98.8 Å². The summed E-state index contributed by atoms with van der Waals surface area (Å²) >= 11 is 1.08. The second-order valence-corrected chi connectivity index (χ2v) is 8.78. The standard InChI is InChI=1S/C22H34N2O5S/c1-4-6-12-17(19(25)20-23-18(14-30-20)21(26)28-5-2)24-22(27)29-15(3)13-16-10-8-7-9-11-16/h14-17H,4-13H2,1-3H3,(H,24,27)/t15-,17-/m0/s1. The number of hydrogen-bond acceptors (Lipinski definition) is 7. The number of hydrogen-bond donors (Lipinski definition) is 1. The molecule has 1 aromatic heterocycles. The Balaban J connectivity index is 1.94. The van der Waals surface area contributed by atoms with E-state index in [0.717, 1.165) is 30.6 Å². The second kappa shape index (κ2) is 12.7. The van der Waals surface area contributed by atoms with Gasteiger partial charge in [-0.2, -0.15) is 0 Å². The molecule has 0 saturated heterocycles. The fourth-order valence-electron chi connectivity index (χ4n) is 3.81. The normalized spacial score (nSPS) is 16.5. The van der Waals surface area contributed by atoms with Gasteiger partial charge in [0.15, 0.2) is 10.7 Å². The third-order valence-corrected chi connectivity index (χ3v) is 6.21. The third-order valence-electron chi connectivity index (χ3n) is 5.35. The topological polar surface area (TPSA) is 94.6 Å². The van der Waals surface area contributed by atoms with Crippen molar-refractivity contribution in [3.05, 3.63) is 16.1 Å². The smallest absolute Gasteiger partial charge is 0.407 e. The van der Waals surface area contributed by atoms with E-state index < -0.39 is 18.1 Å². The number of nitrogens with one attached hydrogen (secondary N) is 1. The van der Waals surface area contributed by atoms with Gasteiger partial charge in [-0.1, -0.05) is 51.9 Å². The highest BCUT2D eigenvalue weighted by atomic mass is 32.1. The predicted molar refractivity (Wildman–Crippen MR) is 116 cm³/mol. The van der Waals surface area contributed by atoms with Crippen molar-refractivity contribution in [1.29, 1.82) is 0 Å². The van der Waals surface area contributed by atoms with Gasteiger partial charge in [-0.05, 0) is 32.6 Å². The monoisotopic (exact) mass is 438 g/mol. The van der Waals surface area contributed by atoms with Crippen LogP contribution in [0.4, 0.5) is 4.79 Å². The molecular weight excluding hydrogens is 404 g/mol. The molecule has 1 heterocycles. The summed E-state index contributed by atoms with van der Waals surface area (Å²) in [5, 5.41) is 4.42. The number of esters is 1. The third kappa shape index (κ3) is 7.70. The first-order valence-corrected chi connectivity index (χ1v) is 12.0. The molecule has 0 unspecified atom stereocenters. The molecule has 2 rings (SSSR count). The summed E-state index contributed by atoms with van der Waals surface area (Å²) in [5.74, 6) is -0.251. The number of Topliss-reactive ketones (excluding diaryl/α,β-unsaturated/α-hetero) is 1. The predicted octanol–water partition coefficient (Wildman–Crippen LogP) is 5.15. The highest BCUT2D eigenvalue weighted by molar-refractivity contribution is 7.12. The number of ketones is 1. The lowest BCUT2D eigenvalue weighted by molar-refractivity contribution is 0.0520. The van der Waals surface area contributed by atoms with E-state index in [2.05, 4.69) is 10.3 Å². The quantitative estimate of drug-likeness (QED) is 0.379. The van der Waals surface area contributed by atoms with E-state index in [4.69, 9.17) is 9.47 Å². The summed E-state index contributed by atoms with van der Waals surface area (Å²) in [4.78, 5) is 41.2. The molecule has 0 spiro atoms. The average Bonchev–Trinajstić information content (AvgIpc) is 3.21. The summed E-state index contributed by atoms with van der Waals surface area (Å²) in [7, 11) is 0. The maximum atomic E-state index is 12.9. The van der Waals surface area contributed by atoms with Gasteiger partial charge in [0.2, 0.25) is 5.78 Å². The number of nitrogens with zero attached hydrogens (tertiary/aromatic N) is 1. The van der Waals surface area contributed by atoms with Crippen molar-refractivity contribution in [2.45, 2.75) is 90.7 Å². The molecule has 1 saturated carbocycles. The van der Waals surface area contributed by atoms with Crippen molar-refractivity contribution < 1.29 is 23.9 Å². The number of amides is 1. The Morgan fingerprint density at radius 1 is 1.23 bits per heavy atom. The number of thiazole rings is 1. The summed E-state index contributed by atoms with van der Waals surface area (Å²) in [5.41, 5.74) is 0.114. The minimum atomic E-state index is -0.722. The van der Waals surface area contributed by atoms with Crippen molar-refractivity contribution in [2.75, 3.05) is 6.61 Å². The van der Waals surface area contributed by atoms with Gasteiger partial charge in [-0.25, -0.2) is 14.6 Å². The van der Waals surface area contributed by atoms with Crippen LogP contribution in [0.25, 0.3) is 0 Å². The minimum Gasteiger partial charge on any atom is -0.461 e. The molecule has 1 N–H and O–H groups in total. The van der Waals surface area contributed by atoms with Crippen LogP contribution >= 0.6 is 11.3 Å². The largest absolute Gasteiger partial charge is 0.461 e. The first-order chi connectivity index (χ1) is 14.4. The molecule has 0 bridgehead atoms. The van der Waals surface area contributed by atoms with Crippen LogP contribution in [0.5, 0.6) is 0 Å². The number of carbonyl (C=O) groups is 3. The van der Waals surface area contributed by atoms with E-state index in [0.29, 0.717) is 12.3 Å². The maximum Gasteiger partial charge on any atom is 0.407 e. The highest BCUT2D eigenvalue weighted by Crippen LogP contribution is 2.28. The van der Waals surface area contributed by atoms with E-state index in [1.54, 1.807) is 6.92 Å². The zero-order valence-electron chi connectivity index (χ0n) is 18.3. The van der Waals surface area contributed by atoms with Gasteiger partial charge in [0.25, 0.3) is 0 Å². The van der Waals surface area contributed by atoms with Gasteiger partial charge < -0.3 is 14.8 Å². The van der Waals surface area contributed by atoms with Crippen LogP contribution in [-0.4, -0.2) is 41.6 Å². The van der Waals surface area contributed by atoms with Crippen molar-refractivity contribution in [1.82, 2.24) is 10.3 Å². The Morgan fingerprint density at radius 3 is 2.63 bits per heavy atom. The Labute approximate surface area is 182 Å². The Morgan fingerprint density at radius 2 is 1.97 bits per heavy atom. The van der Waals surface area contributed by atoms with Gasteiger partial charge in [-0.15, -0.1) is 11.3 Å². The van der Waals surface area contributed by atoms with Crippen LogP contribution in [0, 0.1) is 5.92 Å². The van der Waals surface area contributed by atoms with Crippen molar-refractivity contribution in [2.24, 2.45) is 5.92 Å². The zero-order chi connectivity index (χ0) is 21.9. The molecule has 0 aliphatic heterocycles. The fraction of sp³-hybridized carbons (Fsp3) is 0.727. The number of aromatic nitrogens is 1. The lowest BCUT2D eigenvalue weighted by atomic mass is 9.86. The molecule has 1 aliphatic rings. The summed E-state index contributed by atoms with van der Waals surface area (Å²) in [6.07, 6.45) is 8.44. The molecule has 30 heavy (non-hydrogen) atoms. The van der Waals surface area contributed by atoms with Crippen LogP contribution in [0.3, 0.4) is 0 Å². The molecule has 168 valence electrons. The average molecular weight is 439 g/mol. The Bertz CT molecular complexity index is 699. The lowest BCUT2D eigenvalue weighted by Crippen LogP contribution is -2.42. The van der Waals surface area contributed by atoms with E-state index in [-0.39, 0.29) is 29.2 Å². The van der Waals surface area contributed by atoms with Crippen LogP contribution in [0.15, 0.2) is 5.38 Å². The first kappa shape index (κ1) is 24.3. The second-order valence-electron chi connectivity index (χ2n) is 7.92. The number of rotatable bonds is 11. The molecular formula is C22H34N2O5S. The number of alkyl carbamates (subject to hydrolysis) is 1. The first-order valence-electron chi connectivity index (χ1n) is 11.1. The molecule has 1 aromatic rings. The number of ether oxygens (including phenoxy) is 2. The lowest BCUT2D eigenvalue weighted by Gasteiger charge is -2.25. The van der Waals surface area contributed by atoms with Crippen LogP contribution < -0.4 is 5.32 Å². The molecule has 8 heteroatoms.